The minimum Gasteiger partial charge on any atom is -0.366 e. The van der Waals surface area contributed by atoms with Gasteiger partial charge in [-0.3, -0.25) is 0 Å². The second kappa shape index (κ2) is 5.15. The Labute approximate surface area is 125 Å². The largest absolute Gasteiger partial charge is 0.366 e. The highest BCUT2D eigenvalue weighted by molar-refractivity contribution is 6.29. The Morgan fingerprint density at radius 2 is 1.95 bits per heavy atom. The molecule has 4 heterocycles. The van der Waals surface area contributed by atoms with Crippen molar-refractivity contribution in [2.24, 2.45) is 5.92 Å². The van der Waals surface area contributed by atoms with E-state index in [1.807, 2.05) is 6.07 Å². The number of halogens is 1. The molecule has 2 bridgehead atoms. The Hall–Kier alpha value is -0.870. The summed E-state index contributed by atoms with van der Waals surface area (Å²) in [6.07, 6.45) is 2.59. The third-order valence-electron chi connectivity index (χ3n) is 4.36. The number of rotatable bonds is 2. The van der Waals surface area contributed by atoms with Crippen LogP contribution in [-0.2, 0) is 5.41 Å². The summed E-state index contributed by atoms with van der Waals surface area (Å²) in [6, 6.07) is 2.34. The summed E-state index contributed by atoms with van der Waals surface area (Å²) in [5.74, 6) is 2.44. The molecule has 0 aromatic carbocycles. The molecule has 0 radical (unpaired) electrons. The van der Waals surface area contributed by atoms with E-state index in [4.69, 9.17) is 11.6 Å². The molecule has 3 aliphatic heterocycles. The molecule has 1 N–H and O–H groups in total. The van der Waals surface area contributed by atoms with Crippen LogP contribution in [0.1, 0.15) is 39.4 Å². The van der Waals surface area contributed by atoms with Gasteiger partial charge in [-0.1, -0.05) is 32.4 Å². The molecule has 20 heavy (non-hydrogen) atoms. The first-order valence-corrected chi connectivity index (χ1v) is 7.83. The van der Waals surface area contributed by atoms with Crippen LogP contribution in [0.5, 0.6) is 0 Å². The first kappa shape index (κ1) is 14.1. The molecule has 0 saturated carbocycles. The highest BCUT2D eigenvalue weighted by Gasteiger charge is 2.34. The second-order valence-electron chi connectivity index (χ2n) is 7.04. The lowest BCUT2D eigenvalue weighted by molar-refractivity contribution is 0.0973. The van der Waals surface area contributed by atoms with E-state index in [0.717, 1.165) is 24.1 Å². The van der Waals surface area contributed by atoms with E-state index >= 15 is 0 Å². The van der Waals surface area contributed by atoms with E-state index in [-0.39, 0.29) is 5.41 Å². The minimum atomic E-state index is -0.0869. The van der Waals surface area contributed by atoms with Crippen LogP contribution in [0, 0.1) is 5.92 Å². The van der Waals surface area contributed by atoms with Gasteiger partial charge in [0.2, 0.25) is 0 Å². The third-order valence-corrected chi connectivity index (χ3v) is 4.55. The molecule has 3 saturated heterocycles. The molecule has 1 aromatic rings. The molecular formula is C15H23ClN4. The lowest BCUT2D eigenvalue weighted by Crippen LogP contribution is -2.53. The van der Waals surface area contributed by atoms with Gasteiger partial charge in [0.25, 0.3) is 0 Å². The van der Waals surface area contributed by atoms with Gasteiger partial charge >= 0.3 is 0 Å². The fourth-order valence-corrected chi connectivity index (χ4v) is 3.33. The molecule has 3 fully saturated rings. The number of hydrogen-bond donors (Lipinski definition) is 1. The molecular weight excluding hydrogens is 272 g/mol. The number of anilines is 1. The van der Waals surface area contributed by atoms with Gasteiger partial charge in [0.15, 0.2) is 0 Å². The quantitative estimate of drug-likeness (QED) is 0.852. The smallest absolute Gasteiger partial charge is 0.137 e. The van der Waals surface area contributed by atoms with Crippen molar-refractivity contribution in [2.75, 3.05) is 25.0 Å². The Bertz CT molecular complexity index is 489. The SMILES string of the molecule is CC(C)(C)c1nc(Cl)cc(NC2CN3CCC2CC3)n1. The van der Waals surface area contributed by atoms with Gasteiger partial charge in [0.1, 0.15) is 16.8 Å². The lowest BCUT2D eigenvalue weighted by Gasteiger charge is -2.45. The molecule has 0 aliphatic carbocycles. The van der Waals surface area contributed by atoms with Crippen LogP contribution in [0.3, 0.4) is 0 Å². The lowest BCUT2D eigenvalue weighted by atomic mass is 9.84. The van der Waals surface area contributed by atoms with Gasteiger partial charge in [-0.2, -0.15) is 0 Å². The topological polar surface area (TPSA) is 41.1 Å². The minimum absolute atomic E-state index is 0.0869. The van der Waals surface area contributed by atoms with Gasteiger partial charge in [-0.25, -0.2) is 9.97 Å². The standard InChI is InChI=1S/C15H23ClN4/c1-15(2,3)14-18-12(16)8-13(19-14)17-11-9-20-6-4-10(11)5-7-20/h8,10-11H,4-7,9H2,1-3H3,(H,17,18,19). The Morgan fingerprint density at radius 3 is 2.50 bits per heavy atom. The van der Waals surface area contributed by atoms with Crippen molar-refractivity contribution in [1.29, 1.82) is 0 Å². The first-order valence-electron chi connectivity index (χ1n) is 7.46. The van der Waals surface area contributed by atoms with Crippen LogP contribution in [-0.4, -0.2) is 40.5 Å². The molecule has 1 unspecified atom stereocenters. The number of nitrogens with one attached hydrogen (secondary N) is 1. The van der Waals surface area contributed by atoms with Crippen molar-refractivity contribution < 1.29 is 0 Å². The van der Waals surface area contributed by atoms with Gasteiger partial charge < -0.3 is 10.2 Å². The van der Waals surface area contributed by atoms with E-state index in [0.29, 0.717) is 11.2 Å². The third kappa shape index (κ3) is 2.91. The first-order chi connectivity index (χ1) is 9.41. The molecule has 1 atom stereocenters. The highest BCUT2D eigenvalue weighted by Crippen LogP contribution is 2.30. The molecule has 110 valence electrons. The summed E-state index contributed by atoms with van der Waals surface area (Å²) in [5.41, 5.74) is -0.0869. The predicted octanol–water partition coefficient (Wildman–Crippen LogP) is 2.93. The summed E-state index contributed by atoms with van der Waals surface area (Å²) in [5, 5.41) is 4.11. The summed E-state index contributed by atoms with van der Waals surface area (Å²) < 4.78 is 0. The zero-order chi connectivity index (χ0) is 14.3. The Kier molecular flexibility index (Phi) is 3.63. The fraction of sp³-hybridized carbons (Fsp3) is 0.733. The van der Waals surface area contributed by atoms with Crippen LogP contribution in [0.2, 0.25) is 5.15 Å². The number of nitrogens with zero attached hydrogens (tertiary/aromatic N) is 3. The molecule has 5 heteroatoms. The van der Waals surface area contributed by atoms with Crippen LogP contribution in [0.15, 0.2) is 6.07 Å². The van der Waals surface area contributed by atoms with Crippen molar-refractivity contribution in [2.45, 2.75) is 45.1 Å². The monoisotopic (exact) mass is 294 g/mol. The molecule has 4 rings (SSSR count). The van der Waals surface area contributed by atoms with Crippen molar-refractivity contribution >= 4 is 17.4 Å². The zero-order valence-electron chi connectivity index (χ0n) is 12.5. The predicted molar refractivity (Wildman–Crippen MR) is 82.3 cm³/mol. The summed E-state index contributed by atoms with van der Waals surface area (Å²) in [6.45, 7) is 9.95. The summed E-state index contributed by atoms with van der Waals surface area (Å²) in [7, 11) is 0. The Balaban J connectivity index is 1.79. The van der Waals surface area contributed by atoms with Gasteiger partial charge in [0.05, 0.1) is 0 Å². The van der Waals surface area contributed by atoms with Crippen LogP contribution >= 0.6 is 11.6 Å². The van der Waals surface area contributed by atoms with Crippen LogP contribution in [0.4, 0.5) is 5.82 Å². The number of fused-ring (bicyclic) bond motifs is 3. The maximum atomic E-state index is 6.15. The fourth-order valence-electron chi connectivity index (χ4n) is 3.15. The van der Waals surface area contributed by atoms with Gasteiger partial charge in [-0.15, -0.1) is 0 Å². The molecule has 0 spiro atoms. The average Bonchev–Trinajstić information content (AvgIpc) is 2.38. The molecule has 0 amide bonds. The van der Waals surface area contributed by atoms with E-state index in [1.165, 1.54) is 25.9 Å². The molecule has 1 aromatic heterocycles. The van der Waals surface area contributed by atoms with Gasteiger partial charge in [0, 0.05) is 24.1 Å². The molecule has 3 aliphatic rings. The van der Waals surface area contributed by atoms with Crippen molar-refractivity contribution in [1.82, 2.24) is 14.9 Å². The summed E-state index contributed by atoms with van der Waals surface area (Å²) >= 11 is 6.15. The van der Waals surface area contributed by atoms with Crippen molar-refractivity contribution in [3.8, 4) is 0 Å². The van der Waals surface area contributed by atoms with E-state index in [2.05, 4.69) is 41.0 Å². The highest BCUT2D eigenvalue weighted by atomic mass is 35.5. The zero-order valence-corrected chi connectivity index (χ0v) is 13.2. The van der Waals surface area contributed by atoms with Crippen LogP contribution in [0.25, 0.3) is 0 Å². The maximum Gasteiger partial charge on any atom is 0.137 e. The van der Waals surface area contributed by atoms with E-state index in [1.54, 1.807) is 0 Å². The van der Waals surface area contributed by atoms with Crippen LogP contribution < -0.4 is 5.32 Å². The number of hydrogen-bond acceptors (Lipinski definition) is 4. The average molecular weight is 295 g/mol. The van der Waals surface area contributed by atoms with Gasteiger partial charge in [-0.05, 0) is 31.8 Å². The van der Waals surface area contributed by atoms with E-state index in [9.17, 15) is 0 Å². The summed E-state index contributed by atoms with van der Waals surface area (Å²) in [4.78, 5) is 11.5. The second-order valence-corrected chi connectivity index (χ2v) is 7.43. The number of aromatic nitrogens is 2. The normalized spacial score (nSPS) is 29.5. The van der Waals surface area contributed by atoms with Crippen molar-refractivity contribution in [3.63, 3.8) is 0 Å². The number of piperidine rings is 3. The molecule has 4 nitrogen and oxygen atoms in total. The van der Waals surface area contributed by atoms with Crippen molar-refractivity contribution in [3.05, 3.63) is 17.0 Å². The maximum absolute atomic E-state index is 6.15. The van der Waals surface area contributed by atoms with E-state index < -0.39 is 0 Å². The Morgan fingerprint density at radius 1 is 1.25 bits per heavy atom.